The zero-order valence-corrected chi connectivity index (χ0v) is 18.3. The number of fused-ring (bicyclic) bond motifs is 1. The lowest BCUT2D eigenvalue weighted by molar-refractivity contribution is 0.0996. The third-order valence-corrected chi connectivity index (χ3v) is 5.21. The Kier molecular flexibility index (Phi) is 7.00. The van der Waals surface area contributed by atoms with E-state index in [0.717, 1.165) is 16.6 Å². The van der Waals surface area contributed by atoms with E-state index in [2.05, 4.69) is 9.97 Å². The number of amides is 1. The predicted molar refractivity (Wildman–Crippen MR) is 122 cm³/mol. The van der Waals surface area contributed by atoms with Crippen molar-refractivity contribution in [1.82, 2.24) is 14.5 Å². The number of hydrogen-bond donors (Lipinski definition) is 2. The van der Waals surface area contributed by atoms with E-state index in [1.54, 1.807) is 31.6 Å². The fourth-order valence-corrected chi connectivity index (χ4v) is 3.52. The zero-order chi connectivity index (χ0) is 21.3. The van der Waals surface area contributed by atoms with Crippen molar-refractivity contribution in [3.05, 3.63) is 71.3 Å². The van der Waals surface area contributed by atoms with Gasteiger partial charge >= 0.3 is 0 Å². The van der Waals surface area contributed by atoms with Gasteiger partial charge in [0.25, 0.3) is 5.91 Å². The van der Waals surface area contributed by atoms with Crippen LogP contribution >= 0.6 is 24.0 Å². The summed E-state index contributed by atoms with van der Waals surface area (Å²) in [5.74, 6) is -0.0689. The zero-order valence-electron chi connectivity index (χ0n) is 16.7. The van der Waals surface area contributed by atoms with Gasteiger partial charge < -0.3 is 19.8 Å². The Hall–Kier alpha value is -2.87. The highest BCUT2D eigenvalue weighted by molar-refractivity contribution is 6.30. The average molecular weight is 461 g/mol. The fraction of sp³-hybridized carbons (Fsp3) is 0.227. The molecule has 162 valence electrons. The molecule has 0 spiro atoms. The largest absolute Gasteiger partial charge is 0.436 e. The molecule has 4 aromatic rings. The van der Waals surface area contributed by atoms with E-state index in [1.165, 1.54) is 0 Å². The average Bonchev–Trinajstić information content (AvgIpc) is 3.35. The second kappa shape index (κ2) is 9.51. The standard InChI is InChI=1S/C22H21ClN4O3.ClH/c1-13(28)2-8-19(27-11-18(21(24)29)25-12-27)15-5-9-20-17(10-15)26-22(30-20)14-3-6-16(23)7-4-14;/h3-7,9-13,19,28H,2,8H2,1H3,(H2,24,29);1H/t13-,19?;/m0./s1. The van der Waals surface area contributed by atoms with E-state index in [9.17, 15) is 9.90 Å². The maximum atomic E-state index is 11.4. The number of carbonyl (C=O) groups is 1. The summed E-state index contributed by atoms with van der Waals surface area (Å²) in [6, 6.07) is 12.9. The molecule has 0 saturated carbocycles. The number of aromatic nitrogens is 3. The number of oxazole rings is 1. The minimum atomic E-state index is -0.581. The third-order valence-electron chi connectivity index (χ3n) is 4.96. The number of aliphatic hydroxyl groups excluding tert-OH is 1. The molecule has 31 heavy (non-hydrogen) atoms. The number of rotatable bonds is 7. The van der Waals surface area contributed by atoms with Crippen LogP contribution in [0, 0.1) is 0 Å². The van der Waals surface area contributed by atoms with E-state index in [1.807, 2.05) is 34.9 Å². The molecule has 9 heteroatoms. The molecule has 0 aliphatic carbocycles. The minimum absolute atomic E-state index is 0. The summed E-state index contributed by atoms with van der Waals surface area (Å²) in [6.45, 7) is 1.75. The van der Waals surface area contributed by atoms with Crippen LogP contribution < -0.4 is 5.73 Å². The van der Waals surface area contributed by atoms with Crippen LogP contribution in [0.3, 0.4) is 0 Å². The Morgan fingerprint density at radius 2 is 1.97 bits per heavy atom. The normalized spacial score (nSPS) is 13.0. The fourth-order valence-electron chi connectivity index (χ4n) is 3.39. The number of hydrogen-bond acceptors (Lipinski definition) is 5. The van der Waals surface area contributed by atoms with Gasteiger partial charge in [-0.05, 0) is 61.7 Å². The van der Waals surface area contributed by atoms with Crippen molar-refractivity contribution in [1.29, 1.82) is 0 Å². The van der Waals surface area contributed by atoms with Gasteiger partial charge in [0.15, 0.2) is 5.58 Å². The molecule has 4 rings (SSSR count). The Labute approximate surface area is 190 Å². The van der Waals surface area contributed by atoms with Crippen molar-refractivity contribution in [3.63, 3.8) is 0 Å². The van der Waals surface area contributed by atoms with Gasteiger partial charge in [-0.15, -0.1) is 12.4 Å². The highest BCUT2D eigenvalue weighted by Crippen LogP contribution is 2.30. The van der Waals surface area contributed by atoms with Crippen molar-refractivity contribution < 1.29 is 14.3 Å². The first-order chi connectivity index (χ1) is 14.4. The van der Waals surface area contributed by atoms with Gasteiger partial charge in [-0.2, -0.15) is 0 Å². The summed E-state index contributed by atoms with van der Waals surface area (Å²) < 4.78 is 7.73. The molecule has 0 aliphatic rings. The van der Waals surface area contributed by atoms with Crippen LogP contribution in [-0.4, -0.2) is 31.7 Å². The van der Waals surface area contributed by atoms with Crippen LogP contribution in [0.4, 0.5) is 0 Å². The molecule has 0 fully saturated rings. The number of imidazole rings is 1. The molecule has 0 aliphatic heterocycles. The lowest BCUT2D eigenvalue weighted by atomic mass is 10.00. The van der Waals surface area contributed by atoms with E-state index in [4.69, 9.17) is 21.8 Å². The highest BCUT2D eigenvalue weighted by atomic mass is 35.5. The van der Waals surface area contributed by atoms with Crippen LogP contribution in [-0.2, 0) is 0 Å². The molecule has 2 aromatic heterocycles. The third kappa shape index (κ3) is 5.07. The smallest absolute Gasteiger partial charge is 0.268 e. The number of nitrogens with two attached hydrogens (primary N) is 1. The van der Waals surface area contributed by atoms with Crippen molar-refractivity contribution in [2.75, 3.05) is 0 Å². The number of carbonyl (C=O) groups excluding carboxylic acids is 1. The van der Waals surface area contributed by atoms with Crippen molar-refractivity contribution >= 4 is 41.0 Å². The lowest BCUT2D eigenvalue weighted by Crippen LogP contribution is -2.13. The first-order valence-corrected chi connectivity index (χ1v) is 9.96. The SMILES string of the molecule is C[C@H](O)CCC(c1ccc2oc(-c3ccc(Cl)cc3)nc2c1)n1cnc(C(N)=O)c1.Cl. The summed E-state index contributed by atoms with van der Waals surface area (Å²) in [4.78, 5) is 20.2. The number of nitrogens with zero attached hydrogens (tertiary/aromatic N) is 3. The molecule has 1 amide bonds. The predicted octanol–water partition coefficient (Wildman–Crippen LogP) is 4.62. The molecule has 7 nitrogen and oxygen atoms in total. The quantitative estimate of drug-likeness (QED) is 0.418. The van der Waals surface area contributed by atoms with Gasteiger partial charge in [-0.1, -0.05) is 17.7 Å². The van der Waals surface area contributed by atoms with Crippen LogP contribution in [0.25, 0.3) is 22.6 Å². The Morgan fingerprint density at radius 3 is 2.61 bits per heavy atom. The second-order valence-electron chi connectivity index (χ2n) is 7.27. The Morgan fingerprint density at radius 1 is 1.23 bits per heavy atom. The molecule has 0 radical (unpaired) electrons. The molecule has 3 N–H and O–H groups in total. The van der Waals surface area contributed by atoms with E-state index in [0.29, 0.717) is 29.3 Å². The van der Waals surface area contributed by atoms with Gasteiger partial charge in [-0.25, -0.2) is 9.97 Å². The number of primary amides is 1. The van der Waals surface area contributed by atoms with E-state index < -0.39 is 12.0 Å². The van der Waals surface area contributed by atoms with Crippen LogP contribution in [0.2, 0.25) is 5.02 Å². The van der Waals surface area contributed by atoms with Crippen molar-refractivity contribution in [3.8, 4) is 11.5 Å². The molecule has 2 atom stereocenters. The number of halogens is 2. The maximum Gasteiger partial charge on any atom is 0.268 e. The molecular formula is C22H22Cl2N4O3. The van der Waals surface area contributed by atoms with Crippen LogP contribution in [0.1, 0.15) is 41.9 Å². The summed E-state index contributed by atoms with van der Waals surface area (Å²) >= 11 is 5.96. The first-order valence-electron chi connectivity index (χ1n) is 9.58. The first kappa shape index (κ1) is 22.8. The van der Waals surface area contributed by atoms with Gasteiger partial charge in [0.05, 0.1) is 18.5 Å². The topological polar surface area (TPSA) is 107 Å². The van der Waals surface area contributed by atoms with Gasteiger partial charge in [-0.3, -0.25) is 4.79 Å². The Balaban J connectivity index is 0.00000272. The molecule has 0 saturated heterocycles. The summed E-state index contributed by atoms with van der Waals surface area (Å²) in [5.41, 5.74) is 8.73. The highest BCUT2D eigenvalue weighted by Gasteiger charge is 2.19. The molecule has 1 unspecified atom stereocenters. The molecule has 0 bridgehead atoms. The number of aliphatic hydroxyl groups is 1. The summed E-state index contributed by atoms with van der Waals surface area (Å²) in [7, 11) is 0. The van der Waals surface area contributed by atoms with Gasteiger partial charge in [0.2, 0.25) is 5.89 Å². The van der Waals surface area contributed by atoms with E-state index in [-0.39, 0.29) is 24.1 Å². The Bertz CT molecular complexity index is 1190. The summed E-state index contributed by atoms with van der Waals surface area (Å²) in [6.07, 6.45) is 4.00. The monoisotopic (exact) mass is 460 g/mol. The minimum Gasteiger partial charge on any atom is -0.436 e. The van der Waals surface area contributed by atoms with E-state index >= 15 is 0 Å². The second-order valence-corrected chi connectivity index (χ2v) is 7.70. The molecule has 2 aromatic carbocycles. The number of benzene rings is 2. The van der Waals surface area contributed by atoms with Crippen LogP contribution in [0.15, 0.2) is 59.4 Å². The van der Waals surface area contributed by atoms with Crippen molar-refractivity contribution in [2.24, 2.45) is 5.73 Å². The van der Waals surface area contributed by atoms with Crippen molar-refractivity contribution in [2.45, 2.75) is 31.9 Å². The lowest BCUT2D eigenvalue weighted by Gasteiger charge is -2.19. The molecular weight excluding hydrogens is 439 g/mol. The maximum absolute atomic E-state index is 11.4. The van der Waals surface area contributed by atoms with Crippen LogP contribution in [0.5, 0.6) is 0 Å². The molecule has 2 heterocycles. The summed E-state index contributed by atoms with van der Waals surface area (Å²) in [5, 5.41) is 10.4. The van der Waals surface area contributed by atoms with Gasteiger partial charge in [0.1, 0.15) is 11.2 Å². The van der Waals surface area contributed by atoms with Gasteiger partial charge in [0, 0.05) is 16.8 Å².